The Morgan fingerprint density at radius 2 is 1.74 bits per heavy atom. The Bertz CT molecular complexity index is 599. The maximum Gasteiger partial charge on any atom is 0.163 e. The summed E-state index contributed by atoms with van der Waals surface area (Å²) in [6.07, 6.45) is 0. The lowest BCUT2D eigenvalue weighted by Gasteiger charge is -2.19. The molecule has 0 aliphatic heterocycles. The Morgan fingerprint density at radius 1 is 1.00 bits per heavy atom. The molecule has 0 aliphatic rings. The highest BCUT2D eigenvalue weighted by Crippen LogP contribution is 2.29. The van der Waals surface area contributed by atoms with Crippen LogP contribution < -0.4 is 5.32 Å². The lowest BCUT2D eigenvalue weighted by atomic mass is 9.97. The molecule has 1 atom stereocenters. The normalized spacial score (nSPS) is 12.5. The predicted molar refractivity (Wildman–Crippen MR) is 68.7 cm³/mol. The van der Waals surface area contributed by atoms with E-state index in [1.165, 1.54) is 37.4 Å². The van der Waals surface area contributed by atoms with Crippen molar-refractivity contribution >= 4 is 11.6 Å². The third-order valence-electron chi connectivity index (χ3n) is 2.85. The Morgan fingerprint density at radius 3 is 2.42 bits per heavy atom. The summed E-state index contributed by atoms with van der Waals surface area (Å²) in [5.74, 6) is -2.51. The molecule has 0 bridgehead atoms. The Balaban J connectivity index is 2.56. The van der Waals surface area contributed by atoms with Gasteiger partial charge in [0.1, 0.15) is 5.82 Å². The van der Waals surface area contributed by atoms with E-state index in [-0.39, 0.29) is 11.1 Å². The first-order chi connectivity index (χ1) is 9.04. The molecule has 2 aromatic carbocycles. The molecule has 2 aromatic rings. The predicted octanol–water partition coefficient (Wildman–Crippen LogP) is 4.07. The molecular formula is C14H11ClF3N. The zero-order chi connectivity index (χ0) is 14.0. The molecule has 0 saturated carbocycles. The molecule has 100 valence electrons. The number of hydrogen-bond donors (Lipinski definition) is 1. The second-order valence-corrected chi connectivity index (χ2v) is 4.47. The van der Waals surface area contributed by atoms with Gasteiger partial charge in [0, 0.05) is 16.1 Å². The van der Waals surface area contributed by atoms with Gasteiger partial charge in [-0.2, -0.15) is 0 Å². The smallest absolute Gasteiger partial charge is 0.163 e. The minimum absolute atomic E-state index is 0.0312. The van der Waals surface area contributed by atoms with Crippen LogP contribution in [0.3, 0.4) is 0 Å². The summed E-state index contributed by atoms with van der Waals surface area (Å²) in [6.45, 7) is 0. The first-order valence-corrected chi connectivity index (χ1v) is 5.98. The molecular weight excluding hydrogens is 275 g/mol. The van der Waals surface area contributed by atoms with Gasteiger partial charge >= 0.3 is 0 Å². The van der Waals surface area contributed by atoms with Gasteiger partial charge in [-0.1, -0.05) is 23.7 Å². The molecule has 2 rings (SSSR count). The van der Waals surface area contributed by atoms with Gasteiger partial charge in [-0.15, -0.1) is 0 Å². The maximum absolute atomic E-state index is 13.8. The summed E-state index contributed by atoms with van der Waals surface area (Å²) in [5, 5.41) is 3.09. The Kier molecular flexibility index (Phi) is 4.12. The van der Waals surface area contributed by atoms with Crippen molar-refractivity contribution in [2.24, 2.45) is 0 Å². The van der Waals surface area contributed by atoms with E-state index in [1.54, 1.807) is 0 Å². The van der Waals surface area contributed by atoms with Crippen molar-refractivity contribution in [3.8, 4) is 0 Å². The van der Waals surface area contributed by atoms with E-state index >= 15 is 0 Å². The largest absolute Gasteiger partial charge is 0.309 e. The lowest BCUT2D eigenvalue weighted by Crippen LogP contribution is -2.20. The van der Waals surface area contributed by atoms with Gasteiger partial charge in [-0.3, -0.25) is 0 Å². The molecule has 1 nitrogen and oxygen atoms in total. The van der Waals surface area contributed by atoms with Crippen LogP contribution in [0.25, 0.3) is 0 Å². The molecule has 0 aliphatic carbocycles. The fourth-order valence-electron chi connectivity index (χ4n) is 1.96. The minimum atomic E-state index is -0.999. The van der Waals surface area contributed by atoms with Gasteiger partial charge in [0.25, 0.3) is 0 Å². The first kappa shape index (κ1) is 13.9. The average molecular weight is 286 g/mol. The minimum Gasteiger partial charge on any atom is -0.309 e. The fraction of sp³-hybridized carbons (Fsp3) is 0.143. The van der Waals surface area contributed by atoms with Crippen LogP contribution >= 0.6 is 11.6 Å². The van der Waals surface area contributed by atoms with E-state index in [4.69, 9.17) is 11.6 Å². The highest BCUT2D eigenvalue weighted by atomic mass is 35.5. The topological polar surface area (TPSA) is 12.0 Å². The van der Waals surface area contributed by atoms with Crippen LogP contribution in [0, 0.1) is 17.5 Å². The molecule has 1 N–H and O–H groups in total. The van der Waals surface area contributed by atoms with E-state index in [0.717, 1.165) is 6.07 Å². The third-order valence-corrected chi connectivity index (χ3v) is 3.09. The molecule has 1 unspecified atom stereocenters. The monoisotopic (exact) mass is 285 g/mol. The van der Waals surface area contributed by atoms with Crippen molar-refractivity contribution in [3.05, 3.63) is 70.0 Å². The molecule has 0 amide bonds. The van der Waals surface area contributed by atoms with E-state index in [1.807, 2.05) is 0 Å². The molecule has 5 heteroatoms. The van der Waals surface area contributed by atoms with Crippen LogP contribution in [0.4, 0.5) is 13.2 Å². The lowest BCUT2D eigenvalue weighted by molar-refractivity contribution is 0.482. The van der Waals surface area contributed by atoms with E-state index < -0.39 is 23.5 Å². The summed E-state index contributed by atoms with van der Waals surface area (Å²) < 4.78 is 40.8. The Labute approximate surface area is 114 Å². The van der Waals surface area contributed by atoms with Crippen LogP contribution in [0.1, 0.15) is 17.2 Å². The van der Waals surface area contributed by atoms with Gasteiger partial charge in [-0.05, 0) is 31.3 Å². The van der Waals surface area contributed by atoms with E-state index in [0.29, 0.717) is 5.02 Å². The van der Waals surface area contributed by atoms with Crippen molar-refractivity contribution in [3.63, 3.8) is 0 Å². The zero-order valence-corrected chi connectivity index (χ0v) is 10.8. The van der Waals surface area contributed by atoms with Crippen LogP contribution in [-0.4, -0.2) is 7.05 Å². The number of nitrogens with one attached hydrogen (secondary N) is 1. The number of benzene rings is 2. The van der Waals surface area contributed by atoms with Crippen LogP contribution in [0.15, 0.2) is 36.4 Å². The molecule has 0 radical (unpaired) electrons. The summed E-state index contributed by atoms with van der Waals surface area (Å²) in [4.78, 5) is 0. The summed E-state index contributed by atoms with van der Waals surface area (Å²) in [5.41, 5.74) is 0.197. The summed E-state index contributed by atoms with van der Waals surface area (Å²) >= 11 is 5.81. The molecule has 0 aromatic heterocycles. The average Bonchev–Trinajstić information content (AvgIpc) is 2.39. The highest BCUT2D eigenvalue weighted by molar-refractivity contribution is 6.30. The van der Waals surface area contributed by atoms with Crippen molar-refractivity contribution in [2.75, 3.05) is 7.05 Å². The van der Waals surface area contributed by atoms with E-state index in [2.05, 4.69) is 5.32 Å². The van der Waals surface area contributed by atoms with Gasteiger partial charge < -0.3 is 5.32 Å². The van der Waals surface area contributed by atoms with Gasteiger partial charge in [0.15, 0.2) is 11.6 Å². The van der Waals surface area contributed by atoms with E-state index in [9.17, 15) is 13.2 Å². The molecule has 0 spiro atoms. The standard InChI is InChI=1S/C14H11ClF3N/c1-19-14(9-3-2-4-12(17)13(9)18)10-7-8(15)5-6-11(10)16/h2-7,14,19H,1H3. The number of hydrogen-bond acceptors (Lipinski definition) is 1. The molecule has 0 heterocycles. The number of rotatable bonds is 3. The van der Waals surface area contributed by atoms with Crippen molar-refractivity contribution < 1.29 is 13.2 Å². The second-order valence-electron chi connectivity index (χ2n) is 4.03. The van der Waals surface area contributed by atoms with Gasteiger partial charge in [-0.25, -0.2) is 13.2 Å². The first-order valence-electron chi connectivity index (χ1n) is 5.60. The molecule has 0 saturated heterocycles. The fourth-order valence-corrected chi connectivity index (χ4v) is 2.14. The zero-order valence-electron chi connectivity index (χ0n) is 10.1. The van der Waals surface area contributed by atoms with Crippen LogP contribution in [-0.2, 0) is 0 Å². The van der Waals surface area contributed by atoms with Crippen molar-refractivity contribution in [1.82, 2.24) is 5.32 Å². The summed E-state index contributed by atoms with van der Waals surface area (Å²) in [6, 6.07) is 6.96. The van der Waals surface area contributed by atoms with Gasteiger partial charge in [0.05, 0.1) is 6.04 Å². The second kappa shape index (κ2) is 5.63. The van der Waals surface area contributed by atoms with Crippen molar-refractivity contribution in [1.29, 1.82) is 0 Å². The maximum atomic E-state index is 13.8. The summed E-state index contributed by atoms with van der Waals surface area (Å²) in [7, 11) is 1.54. The quantitative estimate of drug-likeness (QED) is 0.896. The van der Waals surface area contributed by atoms with Gasteiger partial charge in [0.2, 0.25) is 0 Å². The molecule has 19 heavy (non-hydrogen) atoms. The highest BCUT2D eigenvalue weighted by Gasteiger charge is 2.21. The SMILES string of the molecule is CNC(c1cc(Cl)ccc1F)c1cccc(F)c1F. The van der Waals surface area contributed by atoms with Crippen molar-refractivity contribution in [2.45, 2.75) is 6.04 Å². The third kappa shape index (κ3) is 2.74. The molecule has 0 fully saturated rings. The number of halogens is 4. The van der Waals surface area contributed by atoms with Crippen LogP contribution in [0.2, 0.25) is 5.02 Å². The van der Waals surface area contributed by atoms with Crippen LogP contribution in [0.5, 0.6) is 0 Å². The Hall–Kier alpha value is -1.52.